The molecule has 0 aliphatic rings. The Morgan fingerprint density at radius 3 is 0.770 bits per heavy atom. The first-order valence-corrected chi connectivity index (χ1v) is 26.2. The zero-order chi connectivity index (χ0) is 54.8. The van der Waals surface area contributed by atoms with E-state index in [1.165, 1.54) is 36.4 Å². The molecule has 0 fully saturated rings. The van der Waals surface area contributed by atoms with Crippen molar-refractivity contribution in [1.82, 2.24) is 0 Å². The first-order chi connectivity index (χ1) is 33.3. The molecule has 6 aromatic rings. The smallest absolute Gasteiger partial charge is 1.00 e. The van der Waals surface area contributed by atoms with Gasteiger partial charge in [-0.25, -0.2) is 89.3 Å². The monoisotopic (exact) mass is 1210 g/mol. The van der Waals surface area contributed by atoms with E-state index in [1.54, 1.807) is 0 Å². The minimum absolute atomic E-state index is 0. The van der Waals surface area contributed by atoms with E-state index < -0.39 is 166 Å². The van der Waals surface area contributed by atoms with Crippen LogP contribution in [0.25, 0.3) is 0 Å². The maximum atomic E-state index is 13.4. The van der Waals surface area contributed by atoms with Crippen LogP contribution >= 0.6 is 18.6 Å². The number of hydrogen-bond donors (Lipinski definition) is 2. The summed E-state index contributed by atoms with van der Waals surface area (Å²) in [5.41, 5.74) is -5.44. The predicted octanol–water partition coefficient (Wildman–Crippen LogP) is 8.81. The molecular weight excluding hydrogens is 1190 g/mol. The van der Waals surface area contributed by atoms with Gasteiger partial charge in [-0.05, 0) is 18.2 Å². The molecule has 0 aliphatic heterocycles. The van der Waals surface area contributed by atoms with Gasteiger partial charge in [0.15, 0.2) is 69.8 Å². The molecule has 0 radical (unpaired) electrons. The maximum absolute atomic E-state index is 13.4. The predicted molar refractivity (Wildman–Crippen MR) is 226 cm³/mol. The molecule has 392 valence electrons. The third-order valence-electron chi connectivity index (χ3n) is 8.14. The summed E-state index contributed by atoms with van der Waals surface area (Å²) >= 11 is -0.556. The summed E-state index contributed by atoms with van der Waals surface area (Å²) in [5.74, 6) is -33.2. The Kier molecular flexibility index (Phi) is 25.9. The van der Waals surface area contributed by atoms with E-state index in [9.17, 15) is 95.7 Å². The first kappa shape index (κ1) is 67.3. The van der Waals surface area contributed by atoms with Crippen LogP contribution in [0.2, 0.25) is 0 Å². The molecule has 6 aromatic carbocycles. The molecular formula is C40H21Cl2F15N3NaO9S3Ti. The molecule has 0 atom stereocenters. The van der Waals surface area contributed by atoms with E-state index in [4.69, 9.17) is 27.7 Å². The van der Waals surface area contributed by atoms with E-state index in [1.807, 2.05) is 0 Å². The van der Waals surface area contributed by atoms with Crippen LogP contribution in [0.5, 0.6) is 0 Å². The Balaban J connectivity index is 0.000000533. The fraction of sp³-hybridized carbons (Fsp3) is 0.0250. The second-order valence-corrected chi connectivity index (χ2v) is 19.3. The van der Waals surface area contributed by atoms with Crippen molar-refractivity contribution in [2.75, 3.05) is 0 Å². The molecule has 0 amide bonds. The van der Waals surface area contributed by atoms with Crippen LogP contribution in [0.1, 0.15) is 24.1 Å². The van der Waals surface area contributed by atoms with Gasteiger partial charge in [-0.2, -0.15) is 16.8 Å². The summed E-state index contributed by atoms with van der Waals surface area (Å²) in [6.45, 7) is 0. The molecule has 0 spiro atoms. The fourth-order valence-corrected chi connectivity index (χ4v) is 6.97. The third-order valence-corrected chi connectivity index (χ3v) is 10.9. The molecule has 2 N–H and O–H groups in total. The van der Waals surface area contributed by atoms with Gasteiger partial charge in [-0.1, -0.05) is 62.0 Å². The van der Waals surface area contributed by atoms with Crippen molar-refractivity contribution < 1.29 is 151 Å². The number of aliphatic imine (C=N–C) groups is 3. The Labute approximate surface area is 446 Å². The Hall–Kier alpha value is -4.70. The number of nitrogens with zero attached hydrogens (tertiary/aromatic N) is 3. The molecule has 0 heterocycles. The van der Waals surface area contributed by atoms with Gasteiger partial charge in [0.05, 0.1) is 4.90 Å². The molecule has 34 heteroatoms. The summed E-state index contributed by atoms with van der Waals surface area (Å²) in [5, 5.41) is 0. The van der Waals surface area contributed by atoms with E-state index in [-0.39, 0.29) is 53.7 Å². The first-order valence-electron chi connectivity index (χ1n) is 17.7. The van der Waals surface area contributed by atoms with Crippen molar-refractivity contribution in [3.8, 4) is 0 Å². The van der Waals surface area contributed by atoms with Crippen molar-refractivity contribution in [1.29, 1.82) is 0 Å². The van der Waals surface area contributed by atoms with Gasteiger partial charge < -0.3 is 4.55 Å². The van der Waals surface area contributed by atoms with Gasteiger partial charge >= 0.3 is 65.2 Å². The Morgan fingerprint density at radius 2 is 0.568 bits per heavy atom. The number of hydrogen-bond acceptors (Lipinski definition) is 10. The van der Waals surface area contributed by atoms with Crippen LogP contribution in [-0.2, 0) is 47.4 Å². The van der Waals surface area contributed by atoms with E-state index in [2.05, 4.69) is 15.0 Å². The van der Waals surface area contributed by atoms with Crippen molar-refractivity contribution >= 4 is 84.7 Å². The molecule has 0 saturated heterocycles. The molecule has 0 aromatic heterocycles. The van der Waals surface area contributed by atoms with E-state index >= 15 is 0 Å². The van der Waals surface area contributed by atoms with E-state index in [0.29, 0.717) is 18.6 Å². The van der Waals surface area contributed by atoms with E-state index in [0.717, 1.165) is 36.4 Å². The average Bonchev–Trinajstić information content (AvgIpc) is 3.32. The second kappa shape index (κ2) is 28.4. The summed E-state index contributed by atoms with van der Waals surface area (Å²) in [4.78, 5) is 7.27. The third kappa shape index (κ3) is 16.7. The molecule has 0 bridgehead atoms. The van der Waals surface area contributed by atoms with Crippen molar-refractivity contribution in [3.63, 3.8) is 0 Å². The molecule has 12 nitrogen and oxygen atoms in total. The van der Waals surface area contributed by atoms with Crippen molar-refractivity contribution in [3.05, 3.63) is 177 Å². The SMILES string of the molecule is C.O=S(=O)(O)c1ccccc1C=Nc1c(F)c(F)c(F)c(F)c1F.O=S(=O)(O)c1ccccc1C=Nc1c(F)c(F)c(F)c(F)c1F.O=S(=O)([O-])c1ccccc1C=Nc1c(F)c(F)c(F)c(F)c1F.[Cl][Ti][Cl].[Na+]. The summed E-state index contributed by atoms with van der Waals surface area (Å²) in [6.07, 6.45) is 1.63. The summed E-state index contributed by atoms with van der Waals surface area (Å²) in [6, 6.07) is 13.8. The minimum Gasteiger partial charge on any atom is 1.00 e. The largest absolute Gasteiger partial charge is 1.00 e. The molecule has 0 aliphatic carbocycles. The summed E-state index contributed by atoms with van der Waals surface area (Å²) in [7, 11) is -4.48. The van der Waals surface area contributed by atoms with Gasteiger partial charge in [-0.15, -0.1) is 0 Å². The van der Waals surface area contributed by atoms with Crippen molar-refractivity contribution in [2.45, 2.75) is 22.1 Å². The topological polar surface area (TPSA) is 203 Å². The van der Waals surface area contributed by atoms with Crippen LogP contribution in [0.4, 0.5) is 82.9 Å². The van der Waals surface area contributed by atoms with Gasteiger partial charge in [0.2, 0.25) is 17.5 Å². The van der Waals surface area contributed by atoms with Crippen molar-refractivity contribution in [2.24, 2.45) is 15.0 Å². The van der Waals surface area contributed by atoms with Crippen LogP contribution in [-0.4, -0.2) is 57.6 Å². The second-order valence-electron chi connectivity index (χ2n) is 12.6. The molecule has 0 saturated carbocycles. The fourth-order valence-electron chi connectivity index (χ4n) is 4.98. The van der Waals surface area contributed by atoms with Crippen LogP contribution in [0, 0.1) is 87.3 Å². The molecule has 74 heavy (non-hydrogen) atoms. The van der Waals surface area contributed by atoms with Crippen LogP contribution in [0.3, 0.4) is 0 Å². The van der Waals surface area contributed by atoms with Crippen LogP contribution in [0.15, 0.2) is 102 Å². The van der Waals surface area contributed by atoms with Gasteiger partial charge in [0.25, 0.3) is 20.2 Å². The minimum atomic E-state index is -4.92. The number of rotatable bonds is 9. The Bertz CT molecular complexity index is 3060. The standard InChI is InChI=1S/3C13H6F5NO3S.CH4.2ClH.Na.Ti/c3*14-8-9(15)11(17)13(12(18)10(8)16)19-5-6-3-1-2-4-7(6)23(20,21)22;;;;;/h3*1-5H,(H,20,21,22);1H4;2*1H;;/q;;;;;;+1;+2/p-3. The number of benzene rings is 6. The number of halogens is 17. The van der Waals surface area contributed by atoms with Gasteiger partial charge in [-0.3, -0.25) is 9.11 Å². The van der Waals surface area contributed by atoms with Gasteiger partial charge in [0.1, 0.15) is 37.0 Å². The molecule has 0 unspecified atom stereocenters. The zero-order valence-electron chi connectivity index (χ0n) is 34.9. The Morgan fingerprint density at radius 1 is 0.392 bits per heavy atom. The normalized spacial score (nSPS) is 11.5. The molecule has 6 rings (SSSR count). The quantitative estimate of drug-likeness (QED) is 0.0354. The average molecular weight is 1210 g/mol. The van der Waals surface area contributed by atoms with Crippen LogP contribution < -0.4 is 29.6 Å². The van der Waals surface area contributed by atoms with Gasteiger partial charge in [0, 0.05) is 35.3 Å². The summed E-state index contributed by atoms with van der Waals surface area (Å²) < 4.78 is 293. The zero-order valence-corrected chi connectivity index (χ0v) is 42.4. The maximum Gasteiger partial charge on any atom is 1.00 e.